The second kappa shape index (κ2) is 4.99. The zero-order valence-electron chi connectivity index (χ0n) is 7.23. The van der Waals surface area contributed by atoms with Gasteiger partial charge in [-0.1, -0.05) is 0 Å². The van der Waals surface area contributed by atoms with Gasteiger partial charge in [-0.05, 0) is 12.1 Å². The van der Waals surface area contributed by atoms with Crippen molar-refractivity contribution in [3.8, 4) is 6.07 Å². The van der Waals surface area contributed by atoms with E-state index in [4.69, 9.17) is 5.26 Å². The quantitative estimate of drug-likeness (QED) is 0.728. The maximum Gasteiger partial charge on any atom is 0.234 e. The zero-order chi connectivity index (χ0) is 9.52. The molecule has 0 spiro atoms. The average Bonchev–Trinajstić information content (AvgIpc) is 2.57. The minimum atomic E-state index is -0.213. The van der Waals surface area contributed by atoms with Crippen LogP contribution in [-0.4, -0.2) is 17.0 Å². The first kappa shape index (κ1) is 9.33. The molecule has 0 saturated carbocycles. The van der Waals surface area contributed by atoms with E-state index in [0.717, 1.165) is 6.54 Å². The van der Waals surface area contributed by atoms with Gasteiger partial charge in [0, 0.05) is 25.5 Å². The molecule has 1 heterocycles. The highest BCUT2D eigenvalue weighted by Gasteiger charge is 1.97. The van der Waals surface area contributed by atoms with Crippen LogP contribution in [0.25, 0.3) is 0 Å². The minimum Gasteiger partial charge on any atom is -0.353 e. The highest BCUT2D eigenvalue weighted by atomic mass is 16.1. The van der Waals surface area contributed by atoms with Gasteiger partial charge in [-0.15, -0.1) is 0 Å². The topological polar surface area (TPSA) is 57.8 Å². The molecule has 0 aromatic carbocycles. The molecular weight excluding hydrogens is 166 g/mol. The van der Waals surface area contributed by atoms with Crippen molar-refractivity contribution in [2.24, 2.45) is 0 Å². The molecule has 1 N–H and O–H groups in total. The van der Waals surface area contributed by atoms with Crippen LogP contribution in [0.3, 0.4) is 0 Å². The predicted molar refractivity (Wildman–Crippen MR) is 47.7 cm³/mol. The summed E-state index contributed by atoms with van der Waals surface area (Å²) in [7, 11) is 0. The van der Waals surface area contributed by atoms with Gasteiger partial charge in [0.05, 0.1) is 6.07 Å². The number of hydrogen-bond donors (Lipinski definition) is 1. The molecule has 4 nitrogen and oxygen atoms in total. The third-order valence-electron chi connectivity index (χ3n) is 1.60. The number of carbonyl (C=O) groups is 1. The van der Waals surface area contributed by atoms with Gasteiger partial charge in [-0.25, -0.2) is 0 Å². The van der Waals surface area contributed by atoms with Gasteiger partial charge in [-0.2, -0.15) is 5.26 Å². The van der Waals surface area contributed by atoms with Crippen molar-refractivity contribution < 1.29 is 4.79 Å². The lowest BCUT2D eigenvalue weighted by molar-refractivity contribution is -0.120. The summed E-state index contributed by atoms with van der Waals surface area (Å²) in [6.45, 7) is 1.30. The van der Waals surface area contributed by atoms with Gasteiger partial charge in [0.2, 0.25) is 5.91 Å². The highest BCUT2D eigenvalue weighted by Crippen LogP contribution is 1.88. The highest BCUT2D eigenvalue weighted by molar-refractivity contribution is 5.77. The molecule has 1 aromatic heterocycles. The number of amides is 1. The summed E-state index contributed by atoms with van der Waals surface area (Å²) in [5.41, 5.74) is 0. The fourth-order valence-corrected chi connectivity index (χ4v) is 0.978. The largest absolute Gasteiger partial charge is 0.353 e. The van der Waals surface area contributed by atoms with E-state index in [-0.39, 0.29) is 12.3 Å². The summed E-state index contributed by atoms with van der Waals surface area (Å²) in [4.78, 5) is 10.8. The monoisotopic (exact) mass is 177 g/mol. The maximum atomic E-state index is 10.8. The Labute approximate surface area is 76.8 Å². The molecule has 0 aliphatic rings. The molecule has 0 unspecified atom stereocenters. The van der Waals surface area contributed by atoms with E-state index in [0.29, 0.717) is 6.54 Å². The number of nitrogens with one attached hydrogen (secondary N) is 1. The number of aromatic nitrogens is 1. The Bertz CT molecular complexity index is 297. The van der Waals surface area contributed by atoms with Crippen LogP contribution < -0.4 is 5.32 Å². The molecule has 0 bridgehead atoms. The first-order chi connectivity index (χ1) is 6.33. The van der Waals surface area contributed by atoms with Crippen LogP contribution >= 0.6 is 0 Å². The number of rotatable bonds is 4. The van der Waals surface area contributed by atoms with E-state index < -0.39 is 0 Å². The minimum absolute atomic E-state index is 0.0638. The van der Waals surface area contributed by atoms with E-state index in [9.17, 15) is 4.79 Å². The lowest BCUT2D eigenvalue weighted by atomic mass is 10.4. The van der Waals surface area contributed by atoms with Gasteiger partial charge in [0.1, 0.15) is 6.42 Å². The summed E-state index contributed by atoms with van der Waals surface area (Å²) in [5.74, 6) is -0.213. The third-order valence-corrected chi connectivity index (χ3v) is 1.60. The number of hydrogen-bond acceptors (Lipinski definition) is 2. The van der Waals surface area contributed by atoms with Gasteiger partial charge in [0.15, 0.2) is 0 Å². The molecule has 0 aliphatic carbocycles. The molecule has 1 aromatic rings. The molecule has 0 saturated heterocycles. The van der Waals surface area contributed by atoms with Crippen LogP contribution in [-0.2, 0) is 11.3 Å². The van der Waals surface area contributed by atoms with E-state index in [1.54, 1.807) is 6.07 Å². The molecule has 13 heavy (non-hydrogen) atoms. The smallest absolute Gasteiger partial charge is 0.234 e. The average molecular weight is 177 g/mol. The normalized spacial score (nSPS) is 9.15. The molecule has 1 amide bonds. The second-order valence-corrected chi connectivity index (χ2v) is 2.61. The van der Waals surface area contributed by atoms with Crippen molar-refractivity contribution in [2.45, 2.75) is 13.0 Å². The molecular formula is C9H11N3O. The molecule has 68 valence electrons. The van der Waals surface area contributed by atoms with Crippen LogP contribution in [0.15, 0.2) is 24.5 Å². The van der Waals surface area contributed by atoms with Gasteiger partial charge < -0.3 is 9.88 Å². The third kappa shape index (κ3) is 3.43. The summed E-state index contributed by atoms with van der Waals surface area (Å²) >= 11 is 0. The number of nitriles is 1. The standard InChI is InChI=1S/C9H11N3O/c10-4-3-9(13)11-5-8-12-6-1-2-7-12/h1-2,6-7H,3,5,8H2,(H,11,13). The van der Waals surface area contributed by atoms with Crippen LogP contribution in [0.4, 0.5) is 0 Å². The number of carbonyl (C=O) groups excluding carboxylic acids is 1. The van der Waals surface area contributed by atoms with Crippen molar-refractivity contribution in [2.75, 3.05) is 6.54 Å². The summed E-state index contributed by atoms with van der Waals surface area (Å²) in [6, 6.07) is 5.65. The van der Waals surface area contributed by atoms with Crippen molar-refractivity contribution in [1.29, 1.82) is 5.26 Å². The van der Waals surface area contributed by atoms with E-state index in [2.05, 4.69) is 5.32 Å². The Morgan fingerprint density at radius 3 is 2.77 bits per heavy atom. The van der Waals surface area contributed by atoms with Crippen molar-refractivity contribution in [3.63, 3.8) is 0 Å². The van der Waals surface area contributed by atoms with Crippen LogP contribution in [0, 0.1) is 11.3 Å². The molecule has 0 aliphatic heterocycles. The van der Waals surface area contributed by atoms with Gasteiger partial charge >= 0.3 is 0 Å². The lowest BCUT2D eigenvalue weighted by Gasteiger charge is -2.03. The van der Waals surface area contributed by atoms with Crippen molar-refractivity contribution in [1.82, 2.24) is 9.88 Å². The predicted octanol–water partition coefficient (Wildman–Crippen LogP) is 0.518. The first-order valence-electron chi connectivity index (χ1n) is 4.07. The molecule has 0 radical (unpaired) electrons. The van der Waals surface area contributed by atoms with E-state index >= 15 is 0 Å². The Kier molecular flexibility index (Phi) is 3.58. The van der Waals surface area contributed by atoms with E-state index in [1.807, 2.05) is 29.1 Å². The Hall–Kier alpha value is -1.76. The Balaban J connectivity index is 2.15. The fraction of sp³-hybridized carbons (Fsp3) is 0.333. The maximum absolute atomic E-state index is 10.8. The second-order valence-electron chi connectivity index (χ2n) is 2.61. The molecule has 0 atom stereocenters. The van der Waals surface area contributed by atoms with Crippen molar-refractivity contribution >= 4 is 5.91 Å². The SMILES string of the molecule is N#CCC(=O)NCCn1cccc1. The Morgan fingerprint density at radius 1 is 1.46 bits per heavy atom. The lowest BCUT2D eigenvalue weighted by Crippen LogP contribution is -2.26. The first-order valence-corrected chi connectivity index (χ1v) is 4.07. The van der Waals surface area contributed by atoms with Crippen LogP contribution in [0.2, 0.25) is 0 Å². The van der Waals surface area contributed by atoms with Crippen LogP contribution in [0.5, 0.6) is 0 Å². The van der Waals surface area contributed by atoms with Crippen LogP contribution in [0.1, 0.15) is 6.42 Å². The molecule has 0 fully saturated rings. The Morgan fingerprint density at radius 2 is 2.15 bits per heavy atom. The van der Waals surface area contributed by atoms with Gasteiger partial charge in [0.25, 0.3) is 0 Å². The zero-order valence-corrected chi connectivity index (χ0v) is 7.23. The summed E-state index contributed by atoms with van der Waals surface area (Å²) in [6.07, 6.45) is 3.79. The molecule has 4 heteroatoms. The fourth-order valence-electron chi connectivity index (χ4n) is 0.978. The number of nitrogens with zero attached hydrogens (tertiary/aromatic N) is 2. The van der Waals surface area contributed by atoms with Crippen molar-refractivity contribution in [3.05, 3.63) is 24.5 Å². The summed E-state index contributed by atoms with van der Waals surface area (Å²) < 4.78 is 1.96. The molecule has 1 rings (SSSR count). The van der Waals surface area contributed by atoms with E-state index in [1.165, 1.54) is 0 Å². The summed E-state index contributed by atoms with van der Waals surface area (Å²) in [5, 5.41) is 10.8. The van der Waals surface area contributed by atoms with Gasteiger partial charge in [-0.3, -0.25) is 4.79 Å².